The van der Waals surface area contributed by atoms with Crippen LogP contribution in [0.2, 0.25) is 0 Å². The smallest absolute Gasteiger partial charge is 0.234 e. The lowest BCUT2D eigenvalue weighted by molar-refractivity contribution is -0.703. The normalized spacial score (nSPS) is 10.1. The Bertz CT molecular complexity index is 251. The molecule has 0 amide bonds. The van der Waals surface area contributed by atoms with E-state index in [1.54, 1.807) is 0 Å². The maximum absolute atomic E-state index is 2.44. The fourth-order valence-corrected chi connectivity index (χ4v) is 2.58. The number of rotatable bonds is 6. The summed E-state index contributed by atoms with van der Waals surface area (Å²) in [7, 11) is 0. The molecule has 0 radical (unpaired) electrons. The number of aryl methyl sites for hydroxylation is 2. The van der Waals surface area contributed by atoms with E-state index in [0.29, 0.717) is 0 Å². The average Bonchev–Trinajstić information content (AvgIpc) is 2.48. The summed E-state index contributed by atoms with van der Waals surface area (Å²) in [6, 6.07) is 0. The van der Waals surface area contributed by atoms with Gasteiger partial charge in [-0.2, -0.15) is 4.57 Å². The van der Waals surface area contributed by atoms with Gasteiger partial charge in [0.2, 0.25) is 5.01 Å². The molecule has 0 N–H and O–H groups in total. The van der Waals surface area contributed by atoms with Gasteiger partial charge in [0.25, 0.3) is 0 Å². The minimum absolute atomic E-state index is 0. The van der Waals surface area contributed by atoms with Crippen LogP contribution < -0.4 is 28.5 Å². The van der Waals surface area contributed by atoms with Gasteiger partial charge in [-0.05, 0) is 6.42 Å². The lowest BCUT2D eigenvalue weighted by atomic mass is 10.1. The van der Waals surface area contributed by atoms with Crippen LogP contribution in [-0.4, -0.2) is 0 Å². The van der Waals surface area contributed by atoms with Crippen LogP contribution in [0.15, 0.2) is 5.38 Å². The van der Waals surface area contributed by atoms with E-state index in [9.17, 15) is 0 Å². The monoisotopic (exact) mass is 339 g/mol. The first-order valence-electron chi connectivity index (χ1n) is 5.70. The van der Waals surface area contributed by atoms with Crippen LogP contribution in [0.3, 0.4) is 0 Å². The number of hydrogen-bond acceptors (Lipinski definition) is 1. The van der Waals surface area contributed by atoms with E-state index >= 15 is 0 Å². The van der Waals surface area contributed by atoms with Gasteiger partial charge < -0.3 is 24.0 Å². The first-order chi connectivity index (χ1) is 6.75. The average molecular weight is 339 g/mol. The van der Waals surface area contributed by atoms with E-state index in [1.165, 1.54) is 49.4 Å². The third kappa shape index (κ3) is 5.29. The highest BCUT2D eigenvalue weighted by molar-refractivity contribution is 7.09. The molecule has 1 rings (SSSR count). The molecule has 0 fully saturated rings. The van der Waals surface area contributed by atoms with Crippen molar-refractivity contribution in [3.63, 3.8) is 0 Å². The van der Waals surface area contributed by atoms with Gasteiger partial charge in [-0.15, -0.1) is 0 Å². The lowest BCUT2D eigenvalue weighted by Gasteiger charge is -1.98. The molecule has 1 aromatic rings. The Hall–Kier alpha value is 0.360. The fraction of sp³-hybridized carbons (Fsp3) is 0.750. The number of nitrogens with zero attached hydrogens (tertiary/aromatic N) is 1. The Morgan fingerprint density at radius 2 is 1.80 bits per heavy atom. The molecular formula is C12H22INS. The minimum Gasteiger partial charge on any atom is -1.00 e. The molecule has 0 saturated heterocycles. The molecule has 0 bridgehead atoms. The standard InChI is InChI=1S/C12H22NS.HI/c1-4-5-6-7-8-9-13-11(2)10-14-12(13)3;/h10H,4-9H2,1-3H3;1H/q+1;/p-1. The van der Waals surface area contributed by atoms with E-state index in [4.69, 9.17) is 0 Å². The van der Waals surface area contributed by atoms with Gasteiger partial charge in [-0.1, -0.05) is 37.5 Å². The molecule has 1 aromatic heterocycles. The molecule has 1 nitrogen and oxygen atoms in total. The number of thiazole rings is 1. The Labute approximate surface area is 115 Å². The van der Waals surface area contributed by atoms with E-state index in [0.717, 1.165) is 0 Å². The van der Waals surface area contributed by atoms with Crippen LogP contribution in [0.5, 0.6) is 0 Å². The highest BCUT2D eigenvalue weighted by Crippen LogP contribution is 2.07. The molecule has 0 spiro atoms. The summed E-state index contributed by atoms with van der Waals surface area (Å²) in [5, 5.41) is 3.69. The van der Waals surface area contributed by atoms with E-state index in [2.05, 4.69) is 30.7 Å². The highest BCUT2D eigenvalue weighted by atomic mass is 127. The molecule has 0 saturated carbocycles. The summed E-state index contributed by atoms with van der Waals surface area (Å²) < 4.78 is 2.44. The number of unbranched alkanes of at least 4 members (excludes halogenated alkanes) is 4. The molecule has 1 heterocycles. The third-order valence-electron chi connectivity index (χ3n) is 2.69. The number of hydrogen-bond donors (Lipinski definition) is 0. The van der Waals surface area contributed by atoms with Gasteiger partial charge in [0.15, 0.2) is 5.69 Å². The zero-order valence-corrected chi connectivity index (χ0v) is 13.0. The Morgan fingerprint density at radius 1 is 1.13 bits per heavy atom. The first-order valence-corrected chi connectivity index (χ1v) is 6.58. The van der Waals surface area contributed by atoms with Crippen LogP contribution in [0.25, 0.3) is 0 Å². The Kier molecular flexibility index (Phi) is 8.71. The summed E-state index contributed by atoms with van der Waals surface area (Å²) in [5.41, 5.74) is 1.42. The molecule has 0 aliphatic carbocycles. The fourth-order valence-electron chi connectivity index (χ4n) is 1.75. The number of aromatic nitrogens is 1. The zero-order chi connectivity index (χ0) is 10.4. The zero-order valence-electron chi connectivity index (χ0n) is 10.1. The van der Waals surface area contributed by atoms with Crippen molar-refractivity contribution in [3.05, 3.63) is 16.1 Å². The van der Waals surface area contributed by atoms with Crippen LogP contribution in [0.1, 0.15) is 49.7 Å². The third-order valence-corrected chi connectivity index (χ3v) is 3.71. The Morgan fingerprint density at radius 3 is 2.33 bits per heavy atom. The van der Waals surface area contributed by atoms with Crippen LogP contribution in [0, 0.1) is 13.8 Å². The molecule has 3 heteroatoms. The molecule has 0 aromatic carbocycles. The quantitative estimate of drug-likeness (QED) is 0.407. The molecular weight excluding hydrogens is 317 g/mol. The van der Waals surface area contributed by atoms with Crippen molar-refractivity contribution in [2.75, 3.05) is 0 Å². The maximum Gasteiger partial charge on any atom is 0.234 e. The van der Waals surface area contributed by atoms with Gasteiger partial charge in [-0.25, -0.2) is 0 Å². The molecule has 0 aliphatic heterocycles. The van der Waals surface area contributed by atoms with Crippen LogP contribution in [0.4, 0.5) is 0 Å². The van der Waals surface area contributed by atoms with Crippen molar-refractivity contribution in [1.29, 1.82) is 0 Å². The van der Waals surface area contributed by atoms with Crippen molar-refractivity contribution in [1.82, 2.24) is 0 Å². The number of halogens is 1. The van der Waals surface area contributed by atoms with Gasteiger partial charge in [-0.3, -0.25) is 0 Å². The van der Waals surface area contributed by atoms with Gasteiger partial charge in [0, 0.05) is 20.3 Å². The molecule has 15 heavy (non-hydrogen) atoms. The van der Waals surface area contributed by atoms with E-state index in [-0.39, 0.29) is 24.0 Å². The molecule has 0 aliphatic rings. The molecule has 88 valence electrons. The molecule has 0 unspecified atom stereocenters. The van der Waals surface area contributed by atoms with Crippen molar-refractivity contribution in [2.24, 2.45) is 0 Å². The summed E-state index contributed by atoms with van der Waals surface area (Å²) in [6.07, 6.45) is 6.86. The van der Waals surface area contributed by atoms with Gasteiger partial charge in [0.05, 0.1) is 5.38 Å². The van der Waals surface area contributed by atoms with Crippen molar-refractivity contribution in [3.8, 4) is 0 Å². The summed E-state index contributed by atoms with van der Waals surface area (Å²) in [6.45, 7) is 7.89. The maximum atomic E-state index is 2.44. The summed E-state index contributed by atoms with van der Waals surface area (Å²) >= 11 is 1.86. The lowest BCUT2D eigenvalue weighted by Crippen LogP contribution is -3.00. The summed E-state index contributed by atoms with van der Waals surface area (Å²) in [5.74, 6) is 0. The largest absolute Gasteiger partial charge is 1.00 e. The summed E-state index contributed by atoms with van der Waals surface area (Å²) in [4.78, 5) is 0. The second-order valence-corrected chi connectivity index (χ2v) is 5.02. The van der Waals surface area contributed by atoms with Gasteiger partial charge in [0.1, 0.15) is 6.54 Å². The Balaban J connectivity index is 0.00000196. The van der Waals surface area contributed by atoms with Crippen LogP contribution >= 0.6 is 11.3 Å². The predicted molar refractivity (Wildman–Crippen MR) is 62.7 cm³/mol. The van der Waals surface area contributed by atoms with Gasteiger partial charge >= 0.3 is 0 Å². The minimum atomic E-state index is 0. The van der Waals surface area contributed by atoms with Crippen LogP contribution in [-0.2, 0) is 6.54 Å². The first kappa shape index (κ1) is 15.4. The predicted octanol–water partition coefficient (Wildman–Crippen LogP) is 0.627. The van der Waals surface area contributed by atoms with E-state index in [1.807, 2.05) is 11.3 Å². The van der Waals surface area contributed by atoms with Crippen molar-refractivity contribution >= 4 is 11.3 Å². The second kappa shape index (κ2) is 8.50. The second-order valence-electron chi connectivity index (χ2n) is 3.96. The van der Waals surface area contributed by atoms with E-state index < -0.39 is 0 Å². The topological polar surface area (TPSA) is 3.88 Å². The van der Waals surface area contributed by atoms with Crippen molar-refractivity contribution < 1.29 is 28.5 Å². The highest BCUT2D eigenvalue weighted by Gasteiger charge is 2.11. The SMILES string of the molecule is CCCCCCC[n+]1c(C)csc1C.[I-]. The van der Waals surface area contributed by atoms with Crippen molar-refractivity contribution in [2.45, 2.75) is 59.4 Å². The molecule has 0 atom stereocenters.